The van der Waals surface area contributed by atoms with Gasteiger partial charge in [0.1, 0.15) is 0 Å². The largest absolute Gasteiger partial charge is 0.345 e. The lowest BCUT2D eigenvalue weighted by molar-refractivity contribution is -0.155. The number of ether oxygens (including phenoxy) is 2. The van der Waals surface area contributed by atoms with Crippen molar-refractivity contribution in [2.24, 2.45) is 0 Å². The summed E-state index contributed by atoms with van der Waals surface area (Å²) in [6.07, 6.45) is 1.52. The molecule has 0 amide bonds. The summed E-state index contributed by atoms with van der Waals surface area (Å²) in [6.45, 7) is 4.89. The molecule has 112 valence electrons. The van der Waals surface area contributed by atoms with Crippen LogP contribution in [0, 0.1) is 0 Å². The molecule has 5 nitrogen and oxygen atoms in total. The van der Waals surface area contributed by atoms with Gasteiger partial charge in [0.25, 0.3) is 5.89 Å². The molecule has 1 saturated carbocycles. The highest BCUT2D eigenvalue weighted by atomic mass is 16.7. The molecule has 1 aromatic carbocycles. The maximum atomic E-state index is 5.50. The predicted molar refractivity (Wildman–Crippen MR) is 76.7 cm³/mol. The zero-order valence-corrected chi connectivity index (χ0v) is 12.4. The Morgan fingerprint density at radius 1 is 1.14 bits per heavy atom. The highest BCUT2D eigenvalue weighted by molar-refractivity contribution is 5.38. The molecule has 1 aliphatic rings. The molecule has 1 aliphatic carbocycles. The van der Waals surface area contributed by atoms with Crippen molar-refractivity contribution in [1.29, 1.82) is 0 Å². The van der Waals surface area contributed by atoms with Crippen LogP contribution in [0.2, 0.25) is 0 Å². The van der Waals surface area contributed by atoms with E-state index < -0.39 is 6.29 Å². The van der Waals surface area contributed by atoms with Crippen LogP contribution < -0.4 is 0 Å². The van der Waals surface area contributed by atoms with Gasteiger partial charge < -0.3 is 14.0 Å². The molecule has 0 aliphatic heterocycles. The van der Waals surface area contributed by atoms with Gasteiger partial charge in [-0.25, -0.2) is 0 Å². The summed E-state index contributed by atoms with van der Waals surface area (Å²) in [4.78, 5) is 4.53. The van der Waals surface area contributed by atoms with Crippen LogP contribution in [0.15, 0.2) is 34.9 Å². The van der Waals surface area contributed by atoms with Crippen LogP contribution in [0.3, 0.4) is 0 Å². The average molecular weight is 288 g/mol. The lowest BCUT2D eigenvalue weighted by Gasteiger charge is -2.12. The number of aromatic nitrogens is 2. The zero-order chi connectivity index (χ0) is 14.7. The molecule has 0 saturated heterocycles. The van der Waals surface area contributed by atoms with E-state index in [1.165, 1.54) is 5.56 Å². The normalized spacial score (nSPS) is 16.3. The topological polar surface area (TPSA) is 57.4 Å². The standard InChI is InChI=1S/C16H20N2O3/c1-3-19-14(20-4-2)13-17-15(18-21-13)16(10-11-16)12-8-6-5-7-9-12/h5-9,14H,3-4,10-11H2,1-2H3. The fourth-order valence-electron chi connectivity index (χ4n) is 2.54. The fraction of sp³-hybridized carbons (Fsp3) is 0.500. The Bertz CT molecular complexity index is 572. The minimum Gasteiger partial charge on any atom is -0.345 e. The Hall–Kier alpha value is -1.72. The zero-order valence-electron chi connectivity index (χ0n) is 12.4. The van der Waals surface area contributed by atoms with E-state index in [1.54, 1.807) is 0 Å². The van der Waals surface area contributed by atoms with Gasteiger partial charge in [-0.1, -0.05) is 35.5 Å². The molecule has 0 unspecified atom stereocenters. The molecule has 0 bridgehead atoms. The Labute approximate surface area is 124 Å². The third-order valence-electron chi connectivity index (χ3n) is 3.78. The molecule has 0 N–H and O–H groups in total. The smallest absolute Gasteiger partial charge is 0.283 e. The molecule has 0 radical (unpaired) electrons. The Kier molecular flexibility index (Phi) is 4.03. The van der Waals surface area contributed by atoms with Crippen LogP contribution in [-0.4, -0.2) is 23.4 Å². The molecule has 5 heteroatoms. The Morgan fingerprint density at radius 2 is 1.81 bits per heavy atom. The van der Waals surface area contributed by atoms with Crippen molar-refractivity contribution in [2.75, 3.05) is 13.2 Å². The molecule has 1 fully saturated rings. The summed E-state index contributed by atoms with van der Waals surface area (Å²) in [6, 6.07) is 10.3. The molecule has 2 aromatic rings. The molecular formula is C16H20N2O3. The summed E-state index contributed by atoms with van der Waals surface area (Å²) >= 11 is 0. The van der Waals surface area contributed by atoms with Crippen molar-refractivity contribution in [3.05, 3.63) is 47.6 Å². The van der Waals surface area contributed by atoms with Crippen LogP contribution in [0.25, 0.3) is 0 Å². The number of hydrogen-bond donors (Lipinski definition) is 0. The molecule has 0 atom stereocenters. The summed E-state index contributed by atoms with van der Waals surface area (Å²) in [7, 11) is 0. The number of nitrogens with zero attached hydrogens (tertiary/aromatic N) is 2. The third kappa shape index (κ3) is 2.71. The summed E-state index contributed by atoms with van der Waals surface area (Å²) in [5, 5.41) is 4.17. The highest BCUT2D eigenvalue weighted by Gasteiger charge is 2.50. The number of benzene rings is 1. The second kappa shape index (κ2) is 5.95. The Morgan fingerprint density at radius 3 is 2.38 bits per heavy atom. The van der Waals surface area contributed by atoms with E-state index in [-0.39, 0.29) is 5.41 Å². The van der Waals surface area contributed by atoms with E-state index in [4.69, 9.17) is 14.0 Å². The molecule has 21 heavy (non-hydrogen) atoms. The second-order valence-corrected chi connectivity index (χ2v) is 5.15. The van der Waals surface area contributed by atoms with Gasteiger partial charge in [0.05, 0.1) is 5.41 Å². The summed E-state index contributed by atoms with van der Waals surface area (Å²) < 4.78 is 16.4. The van der Waals surface area contributed by atoms with E-state index in [0.29, 0.717) is 19.1 Å². The van der Waals surface area contributed by atoms with Crippen molar-refractivity contribution in [1.82, 2.24) is 10.1 Å². The first-order valence-corrected chi connectivity index (χ1v) is 7.43. The van der Waals surface area contributed by atoms with Crippen LogP contribution >= 0.6 is 0 Å². The molecule has 1 aromatic heterocycles. The van der Waals surface area contributed by atoms with Gasteiger partial charge in [0.2, 0.25) is 6.29 Å². The first kappa shape index (κ1) is 14.2. The molecule has 1 heterocycles. The van der Waals surface area contributed by atoms with Gasteiger partial charge in [0, 0.05) is 13.2 Å². The van der Waals surface area contributed by atoms with Crippen LogP contribution in [0.4, 0.5) is 0 Å². The molecule has 3 rings (SSSR count). The second-order valence-electron chi connectivity index (χ2n) is 5.15. The fourth-order valence-corrected chi connectivity index (χ4v) is 2.54. The SMILES string of the molecule is CCOC(OCC)c1nc(C2(c3ccccc3)CC2)no1. The van der Waals surface area contributed by atoms with E-state index in [2.05, 4.69) is 22.3 Å². The van der Waals surface area contributed by atoms with Gasteiger partial charge in [-0.15, -0.1) is 0 Å². The summed E-state index contributed by atoms with van der Waals surface area (Å²) in [5.74, 6) is 1.13. The van der Waals surface area contributed by atoms with Crippen molar-refractivity contribution in [2.45, 2.75) is 38.4 Å². The van der Waals surface area contributed by atoms with Gasteiger partial charge in [-0.3, -0.25) is 0 Å². The molecular weight excluding hydrogens is 268 g/mol. The van der Waals surface area contributed by atoms with Crippen molar-refractivity contribution in [3.63, 3.8) is 0 Å². The van der Waals surface area contributed by atoms with Gasteiger partial charge in [-0.2, -0.15) is 4.98 Å². The monoisotopic (exact) mass is 288 g/mol. The predicted octanol–water partition coefficient (Wildman–Crippen LogP) is 3.22. The minimum atomic E-state index is -0.576. The third-order valence-corrected chi connectivity index (χ3v) is 3.78. The van der Waals surface area contributed by atoms with Crippen molar-refractivity contribution >= 4 is 0 Å². The maximum absolute atomic E-state index is 5.50. The minimum absolute atomic E-state index is 0.0913. The van der Waals surface area contributed by atoms with Gasteiger partial charge in [-0.05, 0) is 32.3 Å². The number of rotatable bonds is 7. The Balaban J connectivity index is 1.85. The van der Waals surface area contributed by atoms with Crippen LogP contribution in [0.1, 0.15) is 50.3 Å². The van der Waals surface area contributed by atoms with E-state index in [9.17, 15) is 0 Å². The maximum Gasteiger partial charge on any atom is 0.283 e. The number of hydrogen-bond acceptors (Lipinski definition) is 5. The quantitative estimate of drug-likeness (QED) is 0.732. The van der Waals surface area contributed by atoms with Crippen LogP contribution in [0.5, 0.6) is 0 Å². The van der Waals surface area contributed by atoms with Crippen LogP contribution in [-0.2, 0) is 14.9 Å². The van der Waals surface area contributed by atoms with Gasteiger partial charge in [0.15, 0.2) is 5.82 Å². The van der Waals surface area contributed by atoms with E-state index in [0.717, 1.165) is 18.7 Å². The lowest BCUT2D eigenvalue weighted by atomic mass is 9.95. The van der Waals surface area contributed by atoms with E-state index in [1.807, 2.05) is 32.0 Å². The average Bonchev–Trinajstić information content (AvgIpc) is 3.19. The lowest BCUT2D eigenvalue weighted by Crippen LogP contribution is -2.12. The van der Waals surface area contributed by atoms with Gasteiger partial charge >= 0.3 is 0 Å². The van der Waals surface area contributed by atoms with Crippen molar-refractivity contribution in [3.8, 4) is 0 Å². The first-order valence-electron chi connectivity index (χ1n) is 7.43. The summed E-state index contributed by atoms with van der Waals surface area (Å²) in [5.41, 5.74) is 1.15. The van der Waals surface area contributed by atoms with E-state index >= 15 is 0 Å². The first-order chi connectivity index (χ1) is 10.3. The van der Waals surface area contributed by atoms with Crippen molar-refractivity contribution < 1.29 is 14.0 Å². The molecule has 0 spiro atoms. The highest BCUT2D eigenvalue weighted by Crippen LogP contribution is 2.52.